The molecular formula is C23H32N2O5. The van der Waals surface area contributed by atoms with Crippen molar-refractivity contribution in [3.8, 4) is 0 Å². The van der Waals surface area contributed by atoms with E-state index in [9.17, 15) is 9.59 Å². The van der Waals surface area contributed by atoms with Crippen molar-refractivity contribution in [2.45, 2.75) is 34.1 Å². The van der Waals surface area contributed by atoms with Gasteiger partial charge in [0.25, 0.3) is 5.97 Å². The largest absolute Gasteiger partial charge is 0.481 e. The van der Waals surface area contributed by atoms with Crippen molar-refractivity contribution in [2.75, 3.05) is 26.2 Å². The molecule has 0 saturated heterocycles. The third-order valence-electron chi connectivity index (χ3n) is 4.66. The maximum atomic E-state index is 12.6. The maximum absolute atomic E-state index is 12.6. The van der Waals surface area contributed by atoms with E-state index < -0.39 is 5.97 Å². The van der Waals surface area contributed by atoms with Crippen LogP contribution in [0.25, 0.3) is 0 Å². The minimum absolute atomic E-state index is 0.0475. The van der Waals surface area contributed by atoms with Crippen LogP contribution >= 0.6 is 0 Å². The lowest BCUT2D eigenvalue weighted by molar-refractivity contribution is -0.143. The minimum Gasteiger partial charge on any atom is -0.481 e. The second-order valence-corrected chi connectivity index (χ2v) is 6.91. The number of carboxylic acid groups (broad SMARTS) is 1. The second kappa shape index (κ2) is 12.6. The monoisotopic (exact) mass is 416 g/mol. The number of esters is 1. The summed E-state index contributed by atoms with van der Waals surface area (Å²) in [5.74, 6) is -1.15. The fraction of sp³-hybridized carbons (Fsp3) is 0.435. The molecule has 0 radical (unpaired) electrons. The fourth-order valence-electron chi connectivity index (χ4n) is 2.84. The first kappa shape index (κ1) is 25.1. The van der Waals surface area contributed by atoms with E-state index in [1.807, 2.05) is 37.3 Å². The van der Waals surface area contributed by atoms with Gasteiger partial charge in [0.2, 0.25) is 5.78 Å². The Labute approximate surface area is 178 Å². The zero-order valence-electron chi connectivity index (χ0n) is 18.5. The molecule has 0 aliphatic heterocycles. The number of likely N-dealkylation sites (N-methyl/N-ethyl adjacent to an activating group) is 1. The van der Waals surface area contributed by atoms with E-state index in [1.54, 1.807) is 17.7 Å². The highest BCUT2D eigenvalue weighted by Crippen LogP contribution is 2.15. The zero-order valence-corrected chi connectivity index (χ0v) is 18.5. The molecule has 7 nitrogen and oxygen atoms in total. The molecule has 0 aliphatic rings. The average Bonchev–Trinajstić information content (AvgIpc) is 3.05. The van der Waals surface area contributed by atoms with Gasteiger partial charge in [0.05, 0.1) is 12.1 Å². The van der Waals surface area contributed by atoms with Gasteiger partial charge in [-0.1, -0.05) is 43.7 Å². The lowest BCUT2D eigenvalue weighted by atomic mass is 10.1. The van der Waals surface area contributed by atoms with Crippen LogP contribution in [0, 0.1) is 6.92 Å². The highest BCUT2D eigenvalue weighted by Gasteiger charge is 2.16. The molecule has 164 valence electrons. The van der Waals surface area contributed by atoms with Gasteiger partial charge in [-0.2, -0.15) is 0 Å². The van der Waals surface area contributed by atoms with Crippen LogP contribution in [-0.4, -0.2) is 58.5 Å². The highest BCUT2D eigenvalue weighted by molar-refractivity contribution is 6.08. The van der Waals surface area contributed by atoms with E-state index in [1.165, 1.54) is 0 Å². The number of carboxylic acids is 1. The number of ketones is 1. The molecule has 30 heavy (non-hydrogen) atoms. The Bertz CT molecular complexity index is 832. The predicted molar refractivity (Wildman–Crippen MR) is 116 cm³/mol. The van der Waals surface area contributed by atoms with E-state index >= 15 is 0 Å². The third-order valence-corrected chi connectivity index (χ3v) is 4.66. The lowest BCUT2D eigenvalue weighted by Gasteiger charge is -2.17. The molecule has 7 heteroatoms. The fourth-order valence-corrected chi connectivity index (χ4v) is 2.84. The Morgan fingerprint density at radius 2 is 1.60 bits per heavy atom. The van der Waals surface area contributed by atoms with Crippen molar-refractivity contribution in [1.82, 2.24) is 9.47 Å². The molecule has 1 N–H and O–H groups in total. The summed E-state index contributed by atoms with van der Waals surface area (Å²) in [6.45, 7) is 10.3. The van der Waals surface area contributed by atoms with Crippen LogP contribution in [0.5, 0.6) is 0 Å². The second-order valence-electron chi connectivity index (χ2n) is 6.91. The van der Waals surface area contributed by atoms with Crippen molar-refractivity contribution in [3.05, 3.63) is 58.9 Å². The van der Waals surface area contributed by atoms with E-state index in [2.05, 4.69) is 18.7 Å². The van der Waals surface area contributed by atoms with Crippen molar-refractivity contribution >= 4 is 17.7 Å². The Morgan fingerprint density at radius 3 is 2.13 bits per heavy atom. The number of rotatable bonds is 9. The van der Waals surface area contributed by atoms with Gasteiger partial charge in [-0.3, -0.25) is 14.4 Å². The molecule has 1 heterocycles. The van der Waals surface area contributed by atoms with Crippen molar-refractivity contribution in [1.29, 1.82) is 0 Å². The molecule has 0 fully saturated rings. The topological polar surface area (TPSA) is 88.8 Å². The number of carbonyl (C=O) groups is 3. The summed E-state index contributed by atoms with van der Waals surface area (Å²) < 4.78 is 7.10. The average molecular weight is 417 g/mol. The molecule has 2 aromatic rings. The van der Waals surface area contributed by atoms with Crippen molar-refractivity contribution in [3.63, 3.8) is 0 Å². The number of aryl methyl sites for hydroxylation is 1. The molecule has 0 bridgehead atoms. The number of hydrogen-bond acceptors (Lipinski definition) is 5. The van der Waals surface area contributed by atoms with Crippen LogP contribution in [0.3, 0.4) is 0 Å². The van der Waals surface area contributed by atoms with E-state index in [0.29, 0.717) is 17.9 Å². The van der Waals surface area contributed by atoms with E-state index in [-0.39, 0.29) is 18.2 Å². The molecule has 0 amide bonds. The van der Waals surface area contributed by atoms with Crippen LogP contribution in [0.15, 0.2) is 36.4 Å². The zero-order chi connectivity index (χ0) is 22.7. The van der Waals surface area contributed by atoms with Crippen LogP contribution in [-0.2, 0) is 27.8 Å². The van der Waals surface area contributed by atoms with Crippen LogP contribution < -0.4 is 0 Å². The number of aromatic nitrogens is 1. The lowest BCUT2D eigenvalue weighted by Crippen LogP contribution is -2.28. The molecule has 0 aliphatic carbocycles. The number of benzene rings is 1. The van der Waals surface area contributed by atoms with Gasteiger partial charge >= 0.3 is 5.97 Å². The predicted octanol–water partition coefficient (Wildman–Crippen LogP) is 3.08. The van der Waals surface area contributed by atoms with Gasteiger partial charge in [-0.25, -0.2) is 0 Å². The summed E-state index contributed by atoms with van der Waals surface area (Å²) in [5.41, 5.74) is 3.10. The SMILES string of the molecule is CC(=O)O.CCN(CC)CCOC(=O)Cc1ccc(C(=O)c2ccc(C)cc2)n1C. The van der Waals surface area contributed by atoms with Crippen molar-refractivity contribution in [2.24, 2.45) is 7.05 Å². The number of ether oxygens (including phenoxy) is 1. The van der Waals surface area contributed by atoms with E-state index in [0.717, 1.165) is 37.8 Å². The standard InChI is InChI=1S/C21H28N2O3.C2H4O2/c1-5-23(6-2)13-14-26-20(24)15-18-11-12-19(22(18)4)21(25)17-9-7-16(3)8-10-17;1-2(3)4/h7-12H,5-6,13-15H2,1-4H3;1H3,(H,3,4). The van der Waals surface area contributed by atoms with Gasteiger partial charge in [0, 0.05) is 31.8 Å². The van der Waals surface area contributed by atoms with Gasteiger partial charge in [0.15, 0.2) is 0 Å². The van der Waals surface area contributed by atoms with Crippen LogP contribution in [0.1, 0.15) is 48.1 Å². The number of hydrogen-bond donors (Lipinski definition) is 1. The quantitative estimate of drug-likeness (QED) is 0.499. The molecule has 2 rings (SSSR count). The Balaban J connectivity index is 0.00000103. The van der Waals surface area contributed by atoms with Gasteiger partial charge in [-0.05, 0) is 32.1 Å². The summed E-state index contributed by atoms with van der Waals surface area (Å²) in [5, 5.41) is 7.42. The maximum Gasteiger partial charge on any atom is 0.311 e. The van der Waals surface area contributed by atoms with Crippen LogP contribution in [0.4, 0.5) is 0 Å². The normalized spacial score (nSPS) is 10.3. The molecule has 0 unspecified atom stereocenters. The summed E-state index contributed by atoms with van der Waals surface area (Å²) in [6, 6.07) is 11.1. The first-order valence-electron chi connectivity index (χ1n) is 10.0. The van der Waals surface area contributed by atoms with Gasteiger partial charge in [-0.15, -0.1) is 0 Å². The number of nitrogens with zero attached hydrogens (tertiary/aromatic N) is 2. The summed E-state index contributed by atoms with van der Waals surface area (Å²) in [7, 11) is 1.81. The molecule has 0 saturated carbocycles. The first-order valence-corrected chi connectivity index (χ1v) is 10.0. The summed E-state index contributed by atoms with van der Waals surface area (Å²) in [6.07, 6.45) is 0.163. The van der Waals surface area contributed by atoms with E-state index in [4.69, 9.17) is 14.6 Å². The number of carbonyl (C=O) groups excluding carboxylic acids is 2. The van der Waals surface area contributed by atoms with Gasteiger partial charge in [0.1, 0.15) is 6.61 Å². The molecule has 0 spiro atoms. The smallest absolute Gasteiger partial charge is 0.311 e. The third kappa shape index (κ3) is 8.21. The van der Waals surface area contributed by atoms with Crippen LogP contribution in [0.2, 0.25) is 0 Å². The summed E-state index contributed by atoms with van der Waals surface area (Å²) >= 11 is 0. The molecule has 1 aromatic carbocycles. The molecular weight excluding hydrogens is 384 g/mol. The Morgan fingerprint density at radius 1 is 1.03 bits per heavy atom. The minimum atomic E-state index is -0.833. The summed E-state index contributed by atoms with van der Waals surface area (Å²) in [4.78, 5) is 35.9. The number of aliphatic carboxylic acids is 1. The van der Waals surface area contributed by atoms with Crippen molar-refractivity contribution < 1.29 is 24.2 Å². The Hall–Kier alpha value is -2.93. The van der Waals surface area contributed by atoms with Gasteiger partial charge < -0.3 is 19.3 Å². The molecule has 0 atom stereocenters. The Kier molecular flexibility index (Phi) is 10.5. The highest BCUT2D eigenvalue weighted by atomic mass is 16.5. The first-order chi connectivity index (χ1) is 14.2. The molecule has 1 aromatic heterocycles.